The zero-order valence-electron chi connectivity index (χ0n) is 10.5. The third-order valence-electron chi connectivity index (χ3n) is 3.73. The van der Waals surface area contributed by atoms with Crippen molar-refractivity contribution in [1.29, 1.82) is 0 Å². The van der Waals surface area contributed by atoms with Gasteiger partial charge in [-0.15, -0.1) is 0 Å². The molecular weight excluding hydrogens is 188 g/mol. The smallest absolute Gasteiger partial charge is 0.0664 e. The average Bonchev–Trinajstić information content (AvgIpc) is 2.27. The summed E-state index contributed by atoms with van der Waals surface area (Å²) in [5, 5.41) is 13.3. The van der Waals surface area contributed by atoms with Crippen LogP contribution in [0.5, 0.6) is 0 Å². The standard InChI is InChI=1S/C12H26N2O/c1-5-11-8-14(9(3)10(4)15)12(6-2)7-13-11/h9-13,15H,5-8H2,1-4H3. The molecule has 0 amide bonds. The van der Waals surface area contributed by atoms with Crippen molar-refractivity contribution < 1.29 is 5.11 Å². The molecule has 1 saturated heterocycles. The molecule has 0 aromatic rings. The van der Waals surface area contributed by atoms with Gasteiger partial charge in [0.15, 0.2) is 0 Å². The van der Waals surface area contributed by atoms with Gasteiger partial charge >= 0.3 is 0 Å². The lowest BCUT2D eigenvalue weighted by Gasteiger charge is -2.44. The Labute approximate surface area is 93.9 Å². The van der Waals surface area contributed by atoms with Crippen LogP contribution in [-0.4, -0.2) is 47.3 Å². The van der Waals surface area contributed by atoms with E-state index in [4.69, 9.17) is 0 Å². The fourth-order valence-corrected chi connectivity index (χ4v) is 2.32. The highest BCUT2D eigenvalue weighted by atomic mass is 16.3. The van der Waals surface area contributed by atoms with Crippen LogP contribution in [0.4, 0.5) is 0 Å². The first-order valence-corrected chi connectivity index (χ1v) is 6.27. The zero-order chi connectivity index (χ0) is 11.4. The van der Waals surface area contributed by atoms with Crippen LogP contribution in [0.15, 0.2) is 0 Å². The van der Waals surface area contributed by atoms with Gasteiger partial charge in [0.25, 0.3) is 0 Å². The van der Waals surface area contributed by atoms with Crippen molar-refractivity contribution in [3.05, 3.63) is 0 Å². The Morgan fingerprint density at radius 3 is 2.47 bits per heavy atom. The van der Waals surface area contributed by atoms with Crippen LogP contribution in [0.2, 0.25) is 0 Å². The third-order valence-corrected chi connectivity index (χ3v) is 3.73. The molecule has 1 fully saturated rings. The molecule has 0 saturated carbocycles. The summed E-state index contributed by atoms with van der Waals surface area (Å²) in [5.74, 6) is 0. The van der Waals surface area contributed by atoms with E-state index >= 15 is 0 Å². The molecule has 2 N–H and O–H groups in total. The zero-order valence-corrected chi connectivity index (χ0v) is 10.5. The summed E-state index contributed by atoms with van der Waals surface area (Å²) in [5.41, 5.74) is 0. The summed E-state index contributed by atoms with van der Waals surface area (Å²) in [7, 11) is 0. The molecule has 15 heavy (non-hydrogen) atoms. The van der Waals surface area contributed by atoms with Gasteiger partial charge in [0.2, 0.25) is 0 Å². The maximum absolute atomic E-state index is 9.68. The Hall–Kier alpha value is -0.120. The van der Waals surface area contributed by atoms with Crippen LogP contribution in [0.3, 0.4) is 0 Å². The van der Waals surface area contributed by atoms with Crippen molar-refractivity contribution in [2.45, 2.75) is 64.8 Å². The van der Waals surface area contributed by atoms with Gasteiger partial charge in [-0.3, -0.25) is 4.90 Å². The largest absolute Gasteiger partial charge is 0.392 e. The Balaban J connectivity index is 2.62. The van der Waals surface area contributed by atoms with E-state index in [2.05, 4.69) is 31.0 Å². The second-order valence-corrected chi connectivity index (χ2v) is 4.75. The molecule has 0 aliphatic carbocycles. The molecule has 3 heteroatoms. The highest BCUT2D eigenvalue weighted by Crippen LogP contribution is 2.17. The van der Waals surface area contributed by atoms with Gasteiger partial charge in [-0.2, -0.15) is 0 Å². The Kier molecular flexibility index (Phi) is 5.03. The Morgan fingerprint density at radius 1 is 1.33 bits per heavy atom. The summed E-state index contributed by atoms with van der Waals surface area (Å²) in [6.07, 6.45) is 2.08. The van der Waals surface area contributed by atoms with E-state index in [0.717, 1.165) is 19.5 Å². The van der Waals surface area contributed by atoms with Gasteiger partial charge in [-0.25, -0.2) is 0 Å². The summed E-state index contributed by atoms with van der Waals surface area (Å²) < 4.78 is 0. The molecule has 90 valence electrons. The minimum atomic E-state index is -0.241. The van der Waals surface area contributed by atoms with Crippen LogP contribution in [-0.2, 0) is 0 Å². The van der Waals surface area contributed by atoms with Crippen LogP contribution in [0, 0.1) is 0 Å². The first-order valence-electron chi connectivity index (χ1n) is 6.27. The lowest BCUT2D eigenvalue weighted by Crippen LogP contribution is -2.60. The topological polar surface area (TPSA) is 35.5 Å². The molecule has 1 aliphatic heterocycles. The van der Waals surface area contributed by atoms with Gasteiger partial charge in [0.1, 0.15) is 0 Å². The number of hydrogen-bond acceptors (Lipinski definition) is 3. The lowest BCUT2D eigenvalue weighted by molar-refractivity contribution is 0.0170. The number of hydrogen-bond donors (Lipinski definition) is 2. The minimum Gasteiger partial charge on any atom is -0.392 e. The van der Waals surface area contributed by atoms with E-state index < -0.39 is 0 Å². The fraction of sp³-hybridized carbons (Fsp3) is 1.00. The highest BCUT2D eigenvalue weighted by Gasteiger charge is 2.30. The van der Waals surface area contributed by atoms with E-state index in [0.29, 0.717) is 12.1 Å². The third kappa shape index (κ3) is 3.16. The van der Waals surface area contributed by atoms with Crippen molar-refractivity contribution in [2.75, 3.05) is 13.1 Å². The summed E-state index contributed by atoms with van der Waals surface area (Å²) in [6, 6.07) is 1.44. The van der Waals surface area contributed by atoms with E-state index in [1.165, 1.54) is 6.42 Å². The second kappa shape index (κ2) is 5.83. The number of nitrogens with one attached hydrogen (secondary N) is 1. The molecule has 4 unspecified atom stereocenters. The van der Waals surface area contributed by atoms with Gasteiger partial charge in [-0.1, -0.05) is 13.8 Å². The van der Waals surface area contributed by atoms with Crippen molar-refractivity contribution in [3.63, 3.8) is 0 Å². The number of rotatable bonds is 4. The molecule has 0 radical (unpaired) electrons. The number of piperazine rings is 1. The molecule has 0 spiro atoms. The number of aliphatic hydroxyl groups excluding tert-OH is 1. The monoisotopic (exact) mass is 214 g/mol. The first kappa shape index (κ1) is 12.9. The average molecular weight is 214 g/mol. The van der Waals surface area contributed by atoms with Gasteiger partial charge in [-0.05, 0) is 26.7 Å². The quantitative estimate of drug-likeness (QED) is 0.738. The van der Waals surface area contributed by atoms with E-state index in [1.54, 1.807) is 0 Å². The minimum absolute atomic E-state index is 0.241. The molecule has 1 heterocycles. The molecule has 1 rings (SSSR count). The van der Waals surface area contributed by atoms with Gasteiger partial charge < -0.3 is 10.4 Å². The number of aliphatic hydroxyl groups is 1. The van der Waals surface area contributed by atoms with Crippen molar-refractivity contribution in [3.8, 4) is 0 Å². The van der Waals surface area contributed by atoms with Crippen molar-refractivity contribution in [1.82, 2.24) is 10.2 Å². The first-order chi connectivity index (χ1) is 7.10. The van der Waals surface area contributed by atoms with Gasteiger partial charge in [0.05, 0.1) is 6.10 Å². The molecule has 3 nitrogen and oxygen atoms in total. The SMILES string of the molecule is CCC1CN(C(C)C(C)O)C(CC)CN1. The maximum Gasteiger partial charge on any atom is 0.0664 e. The van der Waals surface area contributed by atoms with Crippen LogP contribution in [0.25, 0.3) is 0 Å². The fourth-order valence-electron chi connectivity index (χ4n) is 2.32. The van der Waals surface area contributed by atoms with E-state index in [9.17, 15) is 5.11 Å². The molecule has 1 aliphatic rings. The Bertz CT molecular complexity index is 182. The van der Waals surface area contributed by atoms with Crippen LogP contribution >= 0.6 is 0 Å². The molecular formula is C12H26N2O. The maximum atomic E-state index is 9.68. The molecule has 0 bridgehead atoms. The molecule has 0 aromatic heterocycles. The van der Waals surface area contributed by atoms with E-state index in [1.807, 2.05) is 6.92 Å². The summed E-state index contributed by atoms with van der Waals surface area (Å²) in [4.78, 5) is 2.47. The van der Waals surface area contributed by atoms with Crippen LogP contribution < -0.4 is 5.32 Å². The molecule has 0 aromatic carbocycles. The molecule has 4 atom stereocenters. The highest BCUT2D eigenvalue weighted by molar-refractivity contribution is 4.88. The summed E-state index contributed by atoms with van der Waals surface area (Å²) in [6.45, 7) is 10.6. The summed E-state index contributed by atoms with van der Waals surface area (Å²) >= 11 is 0. The van der Waals surface area contributed by atoms with Crippen molar-refractivity contribution >= 4 is 0 Å². The van der Waals surface area contributed by atoms with Crippen LogP contribution in [0.1, 0.15) is 40.5 Å². The second-order valence-electron chi connectivity index (χ2n) is 4.75. The van der Waals surface area contributed by atoms with Crippen molar-refractivity contribution in [2.24, 2.45) is 0 Å². The van der Waals surface area contributed by atoms with E-state index in [-0.39, 0.29) is 12.1 Å². The van der Waals surface area contributed by atoms with Gasteiger partial charge in [0, 0.05) is 31.2 Å². The normalized spacial score (nSPS) is 32.6. The Morgan fingerprint density at radius 2 is 2.00 bits per heavy atom. The number of nitrogens with zero attached hydrogens (tertiary/aromatic N) is 1. The predicted octanol–water partition coefficient (Wildman–Crippen LogP) is 1.22. The lowest BCUT2D eigenvalue weighted by atomic mass is 10.0. The predicted molar refractivity (Wildman–Crippen MR) is 64.0 cm³/mol.